The van der Waals surface area contributed by atoms with Crippen LogP contribution in [0.4, 0.5) is 11.4 Å². The lowest BCUT2D eigenvalue weighted by molar-refractivity contribution is -0.384. The highest BCUT2D eigenvalue weighted by atomic mass is 32.1. The number of thiophene rings is 1. The molecule has 1 aromatic heterocycles. The van der Waals surface area contributed by atoms with Crippen molar-refractivity contribution in [2.75, 3.05) is 18.1 Å². The molecule has 4 rings (SSSR count). The molecule has 1 aliphatic rings. The standard InChI is InChI=1S/C20H16N2O5S/c23-19(21-9-3-5-13-4-1-2-6-16(13)21)12-27-20(24)18-11-14-10-15(22(25)26)7-8-17(14)28-18/h1-2,4,6-8,10-11H,3,5,9,12H2. The van der Waals surface area contributed by atoms with Gasteiger partial charge >= 0.3 is 5.97 Å². The van der Waals surface area contributed by atoms with E-state index in [1.807, 2.05) is 24.3 Å². The second-order valence-electron chi connectivity index (χ2n) is 6.44. The van der Waals surface area contributed by atoms with Gasteiger partial charge in [0.15, 0.2) is 6.61 Å². The number of carbonyl (C=O) groups excluding carboxylic acids is 2. The third-order valence-electron chi connectivity index (χ3n) is 4.65. The monoisotopic (exact) mass is 396 g/mol. The second kappa shape index (κ2) is 7.40. The summed E-state index contributed by atoms with van der Waals surface area (Å²) in [6.45, 7) is 0.252. The average molecular weight is 396 g/mol. The van der Waals surface area contributed by atoms with Crippen LogP contribution in [-0.2, 0) is 16.0 Å². The maximum atomic E-state index is 12.6. The van der Waals surface area contributed by atoms with Crippen LogP contribution in [0.15, 0.2) is 48.5 Å². The Hall–Kier alpha value is -3.26. The molecule has 1 aliphatic heterocycles. The number of amides is 1. The molecule has 0 N–H and O–H groups in total. The summed E-state index contributed by atoms with van der Waals surface area (Å²) in [5.74, 6) is -0.875. The van der Waals surface area contributed by atoms with Crippen LogP contribution in [0, 0.1) is 10.1 Å². The topological polar surface area (TPSA) is 89.8 Å². The molecule has 0 saturated heterocycles. The lowest BCUT2D eigenvalue weighted by Gasteiger charge is -2.29. The molecule has 0 bridgehead atoms. The first-order valence-electron chi connectivity index (χ1n) is 8.76. The maximum absolute atomic E-state index is 12.6. The highest BCUT2D eigenvalue weighted by molar-refractivity contribution is 7.20. The molecule has 2 heterocycles. The highest BCUT2D eigenvalue weighted by Gasteiger charge is 2.23. The van der Waals surface area contributed by atoms with Gasteiger partial charge in [-0.05, 0) is 36.6 Å². The Morgan fingerprint density at radius 3 is 2.82 bits per heavy atom. The van der Waals surface area contributed by atoms with Crippen LogP contribution in [-0.4, -0.2) is 30.0 Å². The van der Waals surface area contributed by atoms with Gasteiger partial charge in [-0.25, -0.2) is 4.79 Å². The number of carbonyl (C=O) groups is 2. The number of anilines is 1. The third kappa shape index (κ3) is 3.46. The van der Waals surface area contributed by atoms with E-state index in [2.05, 4.69) is 0 Å². The van der Waals surface area contributed by atoms with Gasteiger partial charge in [-0.3, -0.25) is 14.9 Å². The first kappa shape index (κ1) is 18.1. The minimum absolute atomic E-state index is 0.0378. The van der Waals surface area contributed by atoms with Gasteiger partial charge in [-0.1, -0.05) is 18.2 Å². The van der Waals surface area contributed by atoms with Gasteiger partial charge in [0, 0.05) is 34.5 Å². The van der Waals surface area contributed by atoms with Crippen LogP contribution >= 0.6 is 11.3 Å². The third-order valence-corrected chi connectivity index (χ3v) is 5.75. The van der Waals surface area contributed by atoms with Crippen molar-refractivity contribution in [2.45, 2.75) is 12.8 Å². The van der Waals surface area contributed by atoms with Crippen LogP contribution < -0.4 is 4.90 Å². The van der Waals surface area contributed by atoms with Crippen LogP contribution in [0.1, 0.15) is 21.7 Å². The van der Waals surface area contributed by atoms with E-state index in [4.69, 9.17) is 4.74 Å². The Kier molecular flexibility index (Phi) is 4.79. The van der Waals surface area contributed by atoms with Crippen LogP contribution in [0.25, 0.3) is 10.1 Å². The van der Waals surface area contributed by atoms with E-state index in [0.717, 1.165) is 28.8 Å². The quantitative estimate of drug-likeness (QED) is 0.378. The van der Waals surface area contributed by atoms with Crippen molar-refractivity contribution < 1.29 is 19.2 Å². The fourth-order valence-corrected chi connectivity index (χ4v) is 4.25. The predicted octanol–water partition coefficient (Wildman–Crippen LogP) is 3.95. The number of ether oxygens (including phenoxy) is 1. The van der Waals surface area contributed by atoms with Crippen molar-refractivity contribution >= 4 is 44.7 Å². The number of nitrogens with zero attached hydrogens (tertiary/aromatic N) is 2. The number of para-hydroxylation sites is 1. The van der Waals surface area contributed by atoms with Crippen molar-refractivity contribution in [3.05, 3.63) is 69.1 Å². The molecule has 0 unspecified atom stereocenters. The van der Waals surface area contributed by atoms with E-state index in [0.29, 0.717) is 16.8 Å². The molecule has 142 valence electrons. The van der Waals surface area contributed by atoms with Gasteiger partial charge in [-0.15, -0.1) is 11.3 Å². The van der Waals surface area contributed by atoms with E-state index in [-0.39, 0.29) is 18.2 Å². The molecule has 1 amide bonds. The molecule has 0 aliphatic carbocycles. The van der Waals surface area contributed by atoms with Crippen LogP contribution in [0.2, 0.25) is 0 Å². The summed E-state index contributed by atoms with van der Waals surface area (Å²) in [5, 5.41) is 11.5. The molecule has 0 atom stereocenters. The molecule has 7 nitrogen and oxygen atoms in total. The van der Waals surface area contributed by atoms with E-state index in [9.17, 15) is 19.7 Å². The number of hydrogen-bond acceptors (Lipinski definition) is 6. The Morgan fingerprint density at radius 1 is 1.18 bits per heavy atom. The lowest BCUT2D eigenvalue weighted by Crippen LogP contribution is -2.38. The molecule has 28 heavy (non-hydrogen) atoms. The first-order valence-corrected chi connectivity index (χ1v) is 9.58. The highest BCUT2D eigenvalue weighted by Crippen LogP contribution is 2.30. The number of benzene rings is 2. The fraction of sp³-hybridized carbons (Fsp3) is 0.200. The van der Waals surface area contributed by atoms with Crippen molar-refractivity contribution in [1.82, 2.24) is 0 Å². The lowest BCUT2D eigenvalue weighted by atomic mass is 10.0. The van der Waals surface area contributed by atoms with E-state index < -0.39 is 10.9 Å². The molecule has 3 aromatic rings. The number of nitro benzene ring substituents is 1. The van der Waals surface area contributed by atoms with Crippen molar-refractivity contribution in [3.8, 4) is 0 Å². The van der Waals surface area contributed by atoms with Crippen molar-refractivity contribution in [1.29, 1.82) is 0 Å². The summed E-state index contributed by atoms with van der Waals surface area (Å²) in [7, 11) is 0. The smallest absolute Gasteiger partial charge is 0.348 e. The maximum Gasteiger partial charge on any atom is 0.348 e. The molecule has 0 fully saturated rings. The summed E-state index contributed by atoms with van der Waals surface area (Å²) in [6, 6.07) is 13.7. The molecule has 2 aromatic carbocycles. The molecular formula is C20H16N2O5S. The Bertz CT molecular complexity index is 1090. The average Bonchev–Trinajstić information content (AvgIpc) is 3.14. The minimum atomic E-state index is -0.609. The van der Waals surface area contributed by atoms with Gasteiger partial charge in [-0.2, -0.15) is 0 Å². The number of nitro groups is 1. The molecule has 8 heteroatoms. The number of hydrogen-bond donors (Lipinski definition) is 0. The summed E-state index contributed by atoms with van der Waals surface area (Å²) in [4.78, 5) is 37.3. The molecule has 0 saturated carbocycles. The molecule has 0 spiro atoms. The Balaban J connectivity index is 1.45. The zero-order valence-electron chi connectivity index (χ0n) is 14.8. The van der Waals surface area contributed by atoms with E-state index in [1.54, 1.807) is 17.0 Å². The van der Waals surface area contributed by atoms with Gasteiger partial charge in [0.2, 0.25) is 0 Å². The summed E-state index contributed by atoms with van der Waals surface area (Å²) in [6.07, 6.45) is 1.79. The van der Waals surface area contributed by atoms with Gasteiger partial charge in [0.25, 0.3) is 11.6 Å². The predicted molar refractivity (Wildman–Crippen MR) is 106 cm³/mol. The SMILES string of the molecule is O=C(OCC(=O)N1CCCc2ccccc21)c1cc2cc([N+](=O)[O-])ccc2s1. The summed E-state index contributed by atoms with van der Waals surface area (Å²) < 4.78 is 5.96. The van der Waals surface area contributed by atoms with Crippen LogP contribution in [0.3, 0.4) is 0 Å². The molecular weight excluding hydrogens is 380 g/mol. The normalized spacial score (nSPS) is 13.2. The summed E-state index contributed by atoms with van der Waals surface area (Å²) >= 11 is 1.18. The largest absolute Gasteiger partial charge is 0.451 e. The number of esters is 1. The van der Waals surface area contributed by atoms with Gasteiger partial charge in [0.05, 0.1) is 4.92 Å². The minimum Gasteiger partial charge on any atom is -0.451 e. The first-order chi connectivity index (χ1) is 13.5. The van der Waals surface area contributed by atoms with Crippen LogP contribution in [0.5, 0.6) is 0 Å². The number of non-ortho nitro benzene ring substituents is 1. The Labute approximate surface area is 164 Å². The fourth-order valence-electron chi connectivity index (χ4n) is 3.31. The Morgan fingerprint density at radius 2 is 2.00 bits per heavy atom. The number of rotatable bonds is 4. The number of aryl methyl sites for hydroxylation is 1. The van der Waals surface area contributed by atoms with Crippen molar-refractivity contribution in [2.24, 2.45) is 0 Å². The van der Waals surface area contributed by atoms with E-state index in [1.165, 1.54) is 23.5 Å². The van der Waals surface area contributed by atoms with E-state index >= 15 is 0 Å². The molecule has 0 radical (unpaired) electrons. The van der Waals surface area contributed by atoms with Gasteiger partial charge < -0.3 is 9.64 Å². The zero-order valence-corrected chi connectivity index (χ0v) is 15.6. The van der Waals surface area contributed by atoms with Crippen molar-refractivity contribution in [3.63, 3.8) is 0 Å². The number of fused-ring (bicyclic) bond motifs is 2. The second-order valence-corrected chi connectivity index (χ2v) is 7.53. The van der Waals surface area contributed by atoms with Gasteiger partial charge in [0.1, 0.15) is 4.88 Å². The summed E-state index contributed by atoms with van der Waals surface area (Å²) in [5.41, 5.74) is 1.94. The zero-order chi connectivity index (χ0) is 19.7.